The zero-order valence-corrected chi connectivity index (χ0v) is 11.4. The Morgan fingerprint density at radius 3 is 2.05 bits per heavy atom. The second kappa shape index (κ2) is 7.44. The summed E-state index contributed by atoms with van der Waals surface area (Å²) in [6.45, 7) is 5.32. The Balaban J connectivity index is 2.70. The molecule has 0 bridgehead atoms. The summed E-state index contributed by atoms with van der Waals surface area (Å²) in [6, 6.07) is 0.141. The molecular weight excluding hydrogens is 276 g/mol. The molecule has 1 aromatic carbocycles. The predicted octanol–water partition coefficient (Wildman–Crippen LogP) is 2.36. The van der Waals surface area contributed by atoms with E-state index in [1.54, 1.807) is 0 Å². The fourth-order valence-electron chi connectivity index (χ4n) is 1.79. The lowest BCUT2D eigenvalue weighted by molar-refractivity contribution is 0.128. The topological polar surface area (TPSA) is 35.5 Å². The highest BCUT2D eigenvalue weighted by Crippen LogP contribution is 2.23. The molecule has 1 rings (SSSR count). The summed E-state index contributed by atoms with van der Waals surface area (Å²) < 4.78 is 52.6. The second-order valence-corrected chi connectivity index (χ2v) is 4.36. The van der Waals surface area contributed by atoms with Crippen LogP contribution in [0.2, 0.25) is 0 Å². The Morgan fingerprint density at radius 1 is 1.10 bits per heavy atom. The molecule has 0 saturated heterocycles. The summed E-state index contributed by atoms with van der Waals surface area (Å²) in [5.41, 5.74) is -0.902. The van der Waals surface area contributed by atoms with Gasteiger partial charge in [0, 0.05) is 19.2 Å². The van der Waals surface area contributed by atoms with E-state index in [1.165, 1.54) is 0 Å². The number of aliphatic hydroxyl groups excluding tert-OH is 1. The Hall–Kier alpha value is -1.34. The fraction of sp³-hybridized carbons (Fsp3) is 0.538. The fourth-order valence-corrected chi connectivity index (χ4v) is 1.79. The molecule has 0 fully saturated rings. The first kappa shape index (κ1) is 16.7. The molecule has 1 unspecified atom stereocenters. The van der Waals surface area contributed by atoms with Gasteiger partial charge in [-0.3, -0.25) is 0 Å². The van der Waals surface area contributed by atoms with Gasteiger partial charge in [0.2, 0.25) is 0 Å². The van der Waals surface area contributed by atoms with Gasteiger partial charge in [-0.05, 0) is 13.1 Å². The lowest BCUT2D eigenvalue weighted by Crippen LogP contribution is -2.36. The van der Waals surface area contributed by atoms with Gasteiger partial charge in [-0.15, -0.1) is 0 Å². The van der Waals surface area contributed by atoms with Crippen molar-refractivity contribution in [3.63, 3.8) is 0 Å². The van der Waals surface area contributed by atoms with Gasteiger partial charge in [-0.25, -0.2) is 17.6 Å². The van der Waals surface area contributed by atoms with Gasteiger partial charge < -0.3 is 15.3 Å². The second-order valence-electron chi connectivity index (χ2n) is 4.36. The molecule has 0 heterocycles. The van der Waals surface area contributed by atoms with Crippen molar-refractivity contribution in [1.29, 1.82) is 0 Å². The highest BCUT2D eigenvalue weighted by atomic mass is 19.2. The van der Waals surface area contributed by atoms with Gasteiger partial charge in [0.05, 0.1) is 6.10 Å². The van der Waals surface area contributed by atoms with E-state index >= 15 is 0 Å². The van der Waals surface area contributed by atoms with Crippen LogP contribution in [-0.2, 0) is 0 Å². The van der Waals surface area contributed by atoms with Gasteiger partial charge >= 0.3 is 0 Å². The molecule has 0 saturated carbocycles. The number of likely N-dealkylation sites (N-methyl/N-ethyl adjacent to an activating group) is 1. The Bertz CT molecular complexity index is 426. The lowest BCUT2D eigenvalue weighted by atomic mass is 10.2. The van der Waals surface area contributed by atoms with E-state index in [0.29, 0.717) is 19.6 Å². The minimum Gasteiger partial charge on any atom is -0.390 e. The number of hydrogen-bond donors (Lipinski definition) is 2. The molecule has 0 radical (unpaired) electrons. The number of nitrogens with zero attached hydrogens (tertiary/aromatic N) is 1. The number of aliphatic hydroxyl groups is 1. The summed E-state index contributed by atoms with van der Waals surface area (Å²) in [7, 11) is 0. The minimum atomic E-state index is -1.50. The van der Waals surface area contributed by atoms with Crippen LogP contribution in [0.4, 0.5) is 23.2 Å². The van der Waals surface area contributed by atoms with Crippen LogP contribution in [0.3, 0.4) is 0 Å². The monoisotopic (exact) mass is 294 g/mol. The maximum atomic E-state index is 13.4. The average molecular weight is 294 g/mol. The molecule has 0 aliphatic rings. The van der Waals surface area contributed by atoms with Crippen LogP contribution >= 0.6 is 0 Å². The van der Waals surface area contributed by atoms with Gasteiger partial charge in [0.1, 0.15) is 5.69 Å². The largest absolute Gasteiger partial charge is 0.390 e. The van der Waals surface area contributed by atoms with Crippen molar-refractivity contribution in [1.82, 2.24) is 4.90 Å². The normalized spacial score (nSPS) is 12.8. The van der Waals surface area contributed by atoms with Crippen molar-refractivity contribution in [2.45, 2.75) is 20.0 Å². The van der Waals surface area contributed by atoms with Crippen molar-refractivity contribution >= 4 is 5.69 Å². The third kappa shape index (κ3) is 4.08. The van der Waals surface area contributed by atoms with Crippen LogP contribution in [0.25, 0.3) is 0 Å². The van der Waals surface area contributed by atoms with Crippen LogP contribution in [-0.4, -0.2) is 42.3 Å². The van der Waals surface area contributed by atoms with Crippen LogP contribution in [0.5, 0.6) is 0 Å². The summed E-state index contributed by atoms with van der Waals surface area (Å²) in [4.78, 5) is 1.91. The number of rotatable bonds is 7. The summed E-state index contributed by atoms with van der Waals surface area (Å²) in [5.74, 6) is -5.97. The summed E-state index contributed by atoms with van der Waals surface area (Å²) in [5, 5.41) is 11.9. The van der Waals surface area contributed by atoms with Crippen LogP contribution < -0.4 is 5.32 Å². The van der Waals surface area contributed by atoms with E-state index in [4.69, 9.17) is 0 Å². The van der Waals surface area contributed by atoms with Gasteiger partial charge in [-0.2, -0.15) is 0 Å². The maximum Gasteiger partial charge on any atom is 0.185 e. The molecule has 0 aliphatic heterocycles. The quantitative estimate of drug-likeness (QED) is 0.598. The standard InChI is InChI=1S/C13H18F4N2O/c1-3-19(4-2)7-8(20)6-18-13-11(16)9(14)5-10(15)12(13)17/h5,8,18,20H,3-4,6-7H2,1-2H3. The Morgan fingerprint density at radius 2 is 1.60 bits per heavy atom. The number of halogens is 4. The van der Waals surface area contributed by atoms with Crippen LogP contribution in [0.1, 0.15) is 13.8 Å². The van der Waals surface area contributed by atoms with Gasteiger partial charge in [0.25, 0.3) is 0 Å². The number of anilines is 1. The van der Waals surface area contributed by atoms with E-state index < -0.39 is 35.1 Å². The van der Waals surface area contributed by atoms with Crippen LogP contribution in [0.15, 0.2) is 6.07 Å². The molecule has 2 N–H and O–H groups in total. The third-order valence-electron chi connectivity index (χ3n) is 2.99. The Labute approximate surface area is 115 Å². The predicted molar refractivity (Wildman–Crippen MR) is 68.6 cm³/mol. The van der Waals surface area contributed by atoms with Gasteiger partial charge in [-0.1, -0.05) is 13.8 Å². The molecule has 1 atom stereocenters. The van der Waals surface area contributed by atoms with Crippen molar-refractivity contribution in [2.24, 2.45) is 0 Å². The molecule has 0 amide bonds. The van der Waals surface area contributed by atoms with Crippen molar-refractivity contribution < 1.29 is 22.7 Å². The highest BCUT2D eigenvalue weighted by Gasteiger charge is 2.19. The minimum absolute atomic E-state index is 0.141. The first-order valence-electron chi connectivity index (χ1n) is 6.37. The SMILES string of the molecule is CCN(CC)CC(O)CNc1c(F)c(F)cc(F)c1F. The smallest absolute Gasteiger partial charge is 0.185 e. The van der Waals surface area contributed by atoms with Crippen molar-refractivity contribution in [2.75, 3.05) is 31.5 Å². The highest BCUT2D eigenvalue weighted by molar-refractivity contribution is 5.47. The zero-order chi connectivity index (χ0) is 15.3. The third-order valence-corrected chi connectivity index (χ3v) is 2.99. The molecule has 3 nitrogen and oxygen atoms in total. The van der Waals surface area contributed by atoms with Crippen molar-refractivity contribution in [3.05, 3.63) is 29.3 Å². The molecule has 0 aliphatic carbocycles. The molecule has 114 valence electrons. The van der Waals surface area contributed by atoms with Gasteiger partial charge in [0.15, 0.2) is 23.3 Å². The van der Waals surface area contributed by atoms with Crippen molar-refractivity contribution in [3.8, 4) is 0 Å². The lowest BCUT2D eigenvalue weighted by Gasteiger charge is -2.22. The van der Waals surface area contributed by atoms with E-state index in [0.717, 1.165) is 0 Å². The molecular formula is C13H18F4N2O. The number of hydrogen-bond acceptors (Lipinski definition) is 3. The van der Waals surface area contributed by atoms with E-state index in [2.05, 4.69) is 5.32 Å². The molecule has 1 aromatic rings. The molecule has 20 heavy (non-hydrogen) atoms. The maximum absolute atomic E-state index is 13.4. The van der Waals surface area contributed by atoms with Crippen LogP contribution in [0, 0.1) is 23.3 Å². The molecule has 0 spiro atoms. The van der Waals surface area contributed by atoms with E-state index in [-0.39, 0.29) is 12.6 Å². The number of nitrogens with one attached hydrogen (secondary N) is 1. The summed E-state index contributed by atoms with van der Waals surface area (Å²) >= 11 is 0. The first-order chi connectivity index (χ1) is 9.40. The first-order valence-corrected chi connectivity index (χ1v) is 6.37. The Kier molecular flexibility index (Phi) is 6.22. The molecule has 7 heteroatoms. The molecule has 0 aromatic heterocycles. The number of benzene rings is 1. The summed E-state index contributed by atoms with van der Waals surface area (Å²) in [6.07, 6.45) is -0.917. The zero-order valence-electron chi connectivity index (χ0n) is 11.4. The average Bonchev–Trinajstić information content (AvgIpc) is 2.42. The van der Waals surface area contributed by atoms with E-state index in [9.17, 15) is 22.7 Å². The van der Waals surface area contributed by atoms with E-state index in [1.807, 2.05) is 18.7 Å².